The minimum absolute atomic E-state index is 0.0743. The summed E-state index contributed by atoms with van der Waals surface area (Å²) in [7, 11) is 3.59. The first kappa shape index (κ1) is 14.7. The van der Waals surface area contributed by atoms with Crippen LogP contribution in [0.5, 0.6) is 0 Å². The molecule has 0 aliphatic rings. The van der Waals surface area contributed by atoms with Gasteiger partial charge in [0.25, 0.3) is 0 Å². The molecule has 20 heavy (non-hydrogen) atoms. The second-order valence-corrected chi connectivity index (χ2v) is 5.48. The fourth-order valence-electron chi connectivity index (χ4n) is 1.81. The maximum Gasteiger partial charge on any atom is 0.227 e. The highest BCUT2D eigenvalue weighted by atomic mass is 79.9. The second kappa shape index (κ2) is 6.17. The standard InChI is InChI=1S/C14H15BrFN3O/c1-18-6-5-17-13(18)9-19(2)14(20)8-10-3-4-11(15)12(16)7-10/h3-7H,8-9H2,1-2H3. The van der Waals surface area contributed by atoms with Gasteiger partial charge in [-0.15, -0.1) is 0 Å². The highest BCUT2D eigenvalue weighted by Crippen LogP contribution is 2.17. The van der Waals surface area contributed by atoms with E-state index < -0.39 is 0 Å². The molecule has 4 nitrogen and oxygen atoms in total. The SMILES string of the molecule is CN(Cc1nccn1C)C(=O)Cc1ccc(Br)c(F)c1. The molecule has 0 fully saturated rings. The van der Waals surface area contributed by atoms with Crippen molar-refractivity contribution >= 4 is 21.8 Å². The number of hydrogen-bond donors (Lipinski definition) is 0. The van der Waals surface area contributed by atoms with Crippen molar-refractivity contribution in [2.45, 2.75) is 13.0 Å². The monoisotopic (exact) mass is 339 g/mol. The second-order valence-electron chi connectivity index (χ2n) is 4.63. The Kier molecular flexibility index (Phi) is 4.54. The van der Waals surface area contributed by atoms with Crippen LogP contribution >= 0.6 is 15.9 Å². The molecule has 1 amide bonds. The molecule has 0 bridgehead atoms. The maximum atomic E-state index is 13.4. The molecule has 6 heteroatoms. The molecule has 2 rings (SSSR count). The fraction of sp³-hybridized carbons (Fsp3) is 0.286. The lowest BCUT2D eigenvalue weighted by Crippen LogP contribution is -2.28. The Hall–Kier alpha value is -1.69. The summed E-state index contributed by atoms with van der Waals surface area (Å²) in [4.78, 5) is 17.9. The van der Waals surface area contributed by atoms with E-state index >= 15 is 0 Å². The average Bonchev–Trinajstić information content (AvgIpc) is 2.79. The Labute approximate surface area is 125 Å². The van der Waals surface area contributed by atoms with Crippen molar-refractivity contribution in [1.29, 1.82) is 0 Å². The van der Waals surface area contributed by atoms with Crippen LogP contribution in [-0.4, -0.2) is 27.4 Å². The number of rotatable bonds is 4. The smallest absolute Gasteiger partial charge is 0.227 e. The van der Waals surface area contributed by atoms with Gasteiger partial charge in [-0.2, -0.15) is 0 Å². The quantitative estimate of drug-likeness (QED) is 0.858. The van der Waals surface area contributed by atoms with Crippen molar-refractivity contribution in [3.63, 3.8) is 0 Å². The molecule has 0 spiro atoms. The van der Waals surface area contributed by atoms with Crippen molar-refractivity contribution in [1.82, 2.24) is 14.5 Å². The summed E-state index contributed by atoms with van der Waals surface area (Å²) in [6, 6.07) is 4.72. The normalized spacial score (nSPS) is 10.6. The number of halogens is 2. The van der Waals surface area contributed by atoms with Gasteiger partial charge in [-0.05, 0) is 33.6 Å². The van der Waals surface area contributed by atoms with Crippen molar-refractivity contribution in [3.8, 4) is 0 Å². The van der Waals surface area contributed by atoms with Gasteiger partial charge in [-0.25, -0.2) is 9.37 Å². The van der Waals surface area contributed by atoms with Gasteiger partial charge in [0.15, 0.2) is 0 Å². The summed E-state index contributed by atoms with van der Waals surface area (Å²) in [6.07, 6.45) is 3.70. The third-order valence-electron chi connectivity index (χ3n) is 3.06. The zero-order chi connectivity index (χ0) is 14.7. The Morgan fingerprint density at radius 1 is 1.50 bits per heavy atom. The van der Waals surface area contributed by atoms with Crippen LogP contribution in [0.1, 0.15) is 11.4 Å². The van der Waals surface area contributed by atoms with E-state index in [1.807, 2.05) is 17.8 Å². The summed E-state index contributed by atoms with van der Waals surface area (Å²) in [5.41, 5.74) is 0.655. The van der Waals surface area contributed by atoms with Gasteiger partial charge in [-0.3, -0.25) is 4.79 Å². The number of imidazole rings is 1. The molecule has 0 atom stereocenters. The summed E-state index contributed by atoms with van der Waals surface area (Å²) in [6.45, 7) is 0.432. The first-order valence-corrected chi connectivity index (χ1v) is 6.90. The molecule has 0 unspecified atom stereocenters. The van der Waals surface area contributed by atoms with Gasteiger partial charge < -0.3 is 9.47 Å². The first-order valence-electron chi connectivity index (χ1n) is 6.11. The molecule has 0 aliphatic carbocycles. The molecule has 2 aromatic rings. The lowest BCUT2D eigenvalue weighted by atomic mass is 10.1. The molecule has 0 saturated carbocycles. The number of aryl methyl sites for hydroxylation is 1. The van der Waals surface area contributed by atoms with E-state index in [1.54, 1.807) is 30.3 Å². The third kappa shape index (κ3) is 3.45. The highest BCUT2D eigenvalue weighted by molar-refractivity contribution is 9.10. The number of benzene rings is 1. The topological polar surface area (TPSA) is 38.1 Å². The Bertz CT molecular complexity index is 627. The van der Waals surface area contributed by atoms with E-state index in [-0.39, 0.29) is 18.1 Å². The lowest BCUT2D eigenvalue weighted by Gasteiger charge is -2.17. The Balaban J connectivity index is 2.00. The average molecular weight is 340 g/mol. The predicted octanol–water partition coefficient (Wildman–Crippen LogP) is 2.52. The highest BCUT2D eigenvalue weighted by Gasteiger charge is 2.13. The van der Waals surface area contributed by atoms with E-state index in [0.29, 0.717) is 16.6 Å². The van der Waals surface area contributed by atoms with Crippen LogP contribution < -0.4 is 0 Å². The van der Waals surface area contributed by atoms with E-state index in [9.17, 15) is 9.18 Å². The van der Waals surface area contributed by atoms with Crippen LogP contribution in [0, 0.1) is 5.82 Å². The Morgan fingerprint density at radius 2 is 2.25 bits per heavy atom. The van der Waals surface area contributed by atoms with Gasteiger partial charge in [0.05, 0.1) is 17.4 Å². The minimum atomic E-state index is -0.359. The van der Waals surface area contributed by atoms with Crippen LogP contribution in [0.15, 0.2) is 35.1 Å². The summed E-state index contributed by atoms with van der Waals surface area (Å²) < 4.78 is 15.7. The summed E-state index contributed by atoms with van der Waals surface area (Å²) in [5, 5.41) is 0. The minimum Gasteiger partial charge on any atom is -0.338 e. The number of carbonyl (C=O) groups excluding carboxylic acids is 1. The van der Waals surface area contributed by atoms with Crippen molar-refractivity contribution < 1.29 is 9.18 Å². The van der Waals surface area contributed by atoms with Gasteiger partial charge in [0.2, 0.25) is 5.91 Å². The number of hydrogen-bond acceptors (Lipinski definition) is 2. The fourth-order valence-corrected chi connectivity index (χ4v) is 2.05. The number of amides is 1. The Morgan fingerprint density at radius 3 is 2.85 bits per heavy atom. The van der Waals surface area contributed by atoms with Crippen molar-refractivity contribution in [3.05, 3.63) is 52.3 Å². The van der Waals surface area contributed by atoms with E-state index in [1.165, 1.54) is 6.07 Å². The van der Waals surface area contributed by atoms with Gasteiger partial charge in [0.1, 0.15) is 11.6 Å². The van der Waals surface area contributed by atoms with Gasteiger partial charge in [-0.1, -0.05) is 6.07 Å². The predicted molar refractivity (Wildman–Crippen MR) is 77.5 cm³/mol. The molecule has 106 valence electrons. The number of nitrogens with zero attached hydrogens (tertiary/aromatic N) is 3. The summed E-state index contributed by atoms with van der Waals surface area (Å²) in [5.74, 6) is 0.375. The van der Waals surface area contributed by atoms with Crippen LogP contribution in [0.25, 0.3) is 0 Å². The third-order valence-corrected chi connectivity index (χ3v) is 3.71. The molecule has 1 aromatic carbocycles. The molecule has 1 aromatic heterocycles. The van der Waals surface area contributed by atoms with Crippen molar-refractivity contribution in [2.24, 2.45) is 7.05 Å². The number of aromatic nitrogens is 2. The molecular formula is C14H15BrFN3O. The van der Waals surface area contributed by atoms with E-state index in [4.69, 9.17) is 0 Å². The van der Waals surface area contributed by atoms with E-state index in [0.717, 1.165) is 5.82 Å². The molecule has 0 radical (unpaired) electrons. The number of likely N-dealkylation sites (N-methyl/N-ethyl adjacent to an activating group) is 1. The number of carbonyl (C=O) groups is 1. The molecule has 0 N–H and O–H groups in total. The largest absolute Gasteiger partial charge is 0.338 e. The van der Waals surface area contributed by atoms with E-state index in [2.05, 4.69) is 20.9 Å². The molecule has 0 aliphatic heterocycles. The zero-order valence-electron chi connectivity index (χ0n) is 11.3. The zero-order valence-corrected chi connectivity index (χ0v) is 12.9. The van der Waals surface area contributed by atoms with Crippen LogP contribution in [0.2, 0.25) is 0 Å². The van der Waals surface area contributed by atoms with Crippen LogP contribution in [0.4, 0.5) is 4.39 Å². The van der Waals surface area contributed by atoms with Crippen LogP contribution in [-0.2, 0) is 24.8 Å². The summed E-state index contributed by atoms with van der Waals surface area (Å²) >= 11 is 3.09. The maximum absolute atomic E-state index is 13.4. The van der Waals surface area contributed by atoms with Crippen LogP contribution in [0.3, 0.4) is 0 Å². The van der Waals surface area contributed by atoms with Gasteiger partial charge in [0, 0.05) is 26.5 Å². The molecular weight excluding hydrogens is 325 g/mol. The lowest BCUT2D eigenvalue weighted by molar-refractivity contribution is -0.129. The van der Waals surface area contributed by atoms with Crippen molar-refractivity contribution in [2.75, 3.05) is 7.05 Å². The molecule has 1 heterocycles. The van der Waals surface area contributed by atoms with Gasteiger partial charge >= 0.3 is 0 Å². The molecule has 0 saturated heterocycles. The first-order chi connectivity index (χ1) is 9.47.